The molecule has 7 heteroatoms. The van der Waals surface area contributed by atoms with Gasteiger partial charge in [0.25, 0.3) is 10.0 Å². The number of carbonyl (C=O) groups is 1. The molecule has 0 spiro atoms. The van der Waals surface area contributed by atoms with Crippen LogP contribution in [0.5, 0.6) is 0 Å². The monoisotopic (exact) mass is 361 g/mol. The zero-order chi connectivity index (χ0) is 18.0. The summed E-state index contributed by atoms with van der Waals surface area (Å²) in [5, 5.41) is 3.81. The Morgan fingerprint density at radius 1 is 1.28 bits per heavy atom. The molecule has 1 aromatic carbocycles. The van der Waals surface area contributed by atoms with E-state index in [1.165, 1.54) is 11.6 Å². The summed E-state index contributed by atoms with van der Waals surface area (Å²) in [5.41, 5.74) is 5.34. The number of sulfonamides is 1. The molecule has 0 heterocycles. The van der Waals surface area contributed by atoms with Crippen molar-refractivity contribution < 1.29 is 13.2 Å². The minimum atomic E-state index is -3.81. The summed E-state index contributed by atoms with van der Waals surface area (Å²) in [4.78, 5) is 14.1. The molecular weight excluding hydrogens is 338 g/mol. The Morgan fingerprint density at radius 3 is 2.84 bits per heavy atom. The van der Waals surface area contributed by atoms with Crippen molar-refractivity contribution in [1.82, 2.24) is 9.62 Å². The third-order valence-corrected chi connectivity index (χ3v) is 5.40. The second-order valence-electron chi connectivity index (χ2n) is 6.65. The Kier molecular flexibility index (Phi) is 4.96. The zero-order valence-corrected chi connectivity index (χ0v) is 15.3. The lowest BCUT2D eigenvalue weighted by atomic mass is 9.98. The fraction of sp³-hybridized carbons (Fsp3) is 0.389. The number of nitrogens with zero attached hydrogens (tertiary/aromatic N) is 1. The van der Waals surface area contributed by atoms with Gasteiger partial charge in [-0.3, -0.25) is 0 Å². The third kappa shape index (κ3) is 4.11. The van der Waals surface area contributed by atoms with Crippen LogP contribution < -0.4 is 10.0 Å². The maximum Gasteiger partial charge on any atom is 0.333 e. The Hall–Kier alpha value is -2.12. The number of benzene rings is 1. The number of amides is 2. The van der Waals surface area contributed by atoms with E-state index in [1.54, 1.807) is 0 Å². The first-order chi connectivity index (χ1) is 11.9. The minimum Gasteiger partial charge on any atom is -0.307 e. The molecule has 0 bridgehead atoms. The van der Waals surface area contributed by atoms with Crippen LogP contribution in [0.3, 0.4) is 0 Å². The van der Waals surface area contributed by atoms with Crippen molar-refractivity contribution in [1.29, 1.82) is 0 Å². The predicted molar refractivity (Wildman–Crippen MR) is 100.0 cm³/mol. The Morgan fingerprint density at radius 2 is 2.08 bits per heavy atom. The highest BCUT2D eigenvalue weighted by atomic mass is 32.2. The molecule has 1 aromatic rings. The molecule has 3 rings (SSSR count). The molecule has 2 aliphatic carbocycles. The predicted octanol–water partition coefficient (Wildman–Crippen LogP) is 2.27. The quantitative estimate of drug-likeness (QED) is 0.843. The summed E-state index contributed by atoms with van der Waals surface area (Å²) >= 11 is 0. The Balaban J connectivity index is 1.75. The van der Waals surface area contributed by atoms with Gasteiger partial charge in [-0.2, -0.15) is 0 Å². The Labute approximate surface area is 148 Å². The molecule has 0 unspecified atom stereocenters. The second kappa shape index (κ2) is 7.01. The molecule has 6 nitrogen and oxygen atoms in total. The Bertz CT molecular complexity index is 851. The van der Waals surface area contributed by atoms with Crippen LogP contribution in [-0.4, -0.2) is 40.0 Å². The molecular formula is C18H23N3O3S. The second-order valence-corrected chi connectivity index (χ2v) is 8.22. The van der Waals surface area contributed by atoms with Gasteiger partial charge in [0.2, 0.25) is 0 Å². The van der Waals surface area contributed by atoms with Gasteiger partial charge in [-0.05, 0) is 62.0 Å². The highest BCUT2D eigenvalue weighted by Crippen LogP contribution is 2.37. The van der Waals surface area contributed by atoms with Crippen LogP contribution in [0.2, 0.25) is 0 Å². The normalized spacial score (nSPS) is 15.6. The highest BCUT2D eigenvalue weighted by Gasteiger charge is 2.23. The van der Waals surface area contributed by atoms with Gasteiger partial charge in [-0.25, -0.2) is 17.9 Å². The summed E-state index contributed by atoms with van der Waals surface area (Å²) in [6, 6.07) is 1.47. The number of likely N-dealkylation sites (N-methyl/N-ethyl adjacent to an activating group) is 1. The number of urea groups is 1. The SMILES string of the molecule is CN(C)C/C=C/S(=O)(=O)NC(=O)Nc1c2c(cc3c1CCC3)C=CC2. The first-order valence-corrected chi connectivity index (χ1v) is 9.89. The summed E-state index contributed by atoms with van der Waals surface area (Å²) < 4.78 is 26.0. The highest BCUT2D eigenvalue weighted by molar-refractivity contribution is 7.92. The molecule has 2 aliphatic rings. The van der Waals surface area contributed by atoms with Crippen molar-refractivity contribution >= 4 is 27.8 Å². The molecule has 2 amide bonds. The van der Waals surface area contributed by atoms with Gasteiger partial charge in [0.15, 0.2) is 0 Å². The van der Waals surface area contributed by atoms with E-state index in [4.69, 9.17) is 0 Å². The summed E-state index contributed by atoms with van der Waals surface area (Å²) in [5.74, 6) is 0. The fourth-order valence-electron chi connectivity index (χ4n) is 3.32. The summed E-state index contributed by atoms with van der Waals surface area (Å²) in [7, 11) is -0.140. The van der Waals surface area contributed by atoms with Gasteiger partial charge in [-0.15, -0.1) is 0 Å². The summed E-state index contributed by atoms with van der Waals surface area (Å²) in [6.07, 6.45) is 9.34. The van der Waals surface area contributed by atoms with Crippen LogP contribution in [0.25, 0.3) is 6.08 Å². The minimum absolute atomic E-state index is 0.480. The number of hydrogen-bond donors (Lipinski definition) is 2. The van der Waals surface area contributed by atoms with Crippen molar-refractivity contribution in [2.75, 3.05) is 26.0 Å². The van der Waals surface area contributed by atoms with Gasteiger partial charge in [-0.1, -0.05) is 24.3 Å². The zero-order valence-electron chi connectivity index (χ0n) is 14.5. The molecule has 134 valence electrons. The van der Waals surface area contributed by atoms with E-state index in [0.29, 0.717) is 6.54 Å². The van der Waals surface area contributed by atoms with Crippen LogP contribution in [0.4, 0.5) is 10.5 Å². The van der Waals surface area contributed by atoms with Gasteiger partial charge < -0.3 is 10.2 Å². The smallest absolute Gasteiger partial charge is 0.307 e. The van der Waals surface area contributed by atoms with Gasteiger partial charge in [0, 0.05) is 17.6 Å². The van der Waals surface area contributed by atoms with Crippen molar-refractivity contribution in [2.24, 2.45) is 0 Å². The number of carbonyl (C=O) groups excluding carboxylic acids is 1. The van der Waals surface area contributed by atoms with E-state index in [1.807, 2.05) is 19.0 Å². The van der Waals surface area contributed by atoms with E-state index < -0.39 is 16.1 Å². The molecule has 0 atom stereocenters. The standard InChI is InChI=1S/C18H23N3O3S/c1-21(2)10-5-11-25(23,24)20-18(22)19-17-15-8-3-6-13(15)12-14-7-4-9-16(14)17/h3,5-6,11-12H,4,7-10H2,1-2H3,(H2,19,20,22)/b11-5+. The number of fused-ring (bicyclic) bond motifs is 2. The number of hydrogen-bond acceptors (Lipinski definition) is 4. The van der Waals surface area contributed by atoms with Crippen molar-refractivity contribution in [3.63, 3.8) is 0 Å². The van der Waals surface area contributed by atoms with Crippen molar-refractivity contribution in [2.45, 2.75) is 25.7 Å². The fourth-order valence-corrected chi connectivity index (χ4v) is 4.04. The maximum absolute atomic E-state index is 12.3. The molecule has 0 radical (unpaired) electrons. The largest absolute Gasteiger partial charge is 0.333 e. The van der Waals surface area contributed by atoms with Crippen molar-refractivity contribution in [3.8, 4) is 0 Å². The first kappa shape index (κ1) is 17.7. The van der Waals surface area contributed by atoms with Crippen molar-refractivity contribution in [3.05, 3.63) is 45.9 Å². The van der Waals surface area contributed by atoms with E-state index in [9.17, 15) is 13.2 Å². The molecule has 0 aliphatic heterocycles. The van der Waals surface area contributed by atoms with E-state index in [2.05, 4.69) is 28.3 Å². The maximum atomic E-state index is 12.3. The number of nitrogens with one attached hydrogen (secondary N) is 2. The topological polar surface area (TPSA) is 78.5 Å². The van der Waals surface area contributed by atoms with Crippen LogP contribution in [0.15, 0.2) is 23.6 Å². The van der Waals surface area contributed by atoms with Crippen LogP contribution in [0.1, 0.15) is 28.7 Å². The van der Waals surface area contributed by atoms with E-state index in [0.717, 1.165) is 53.5 Å². The van der Waals surface area contributed by atoms with Crippen LogP contribution >= 0.6 is 0 Å². The van der Waals surface area contributed by atoms with Gasteiger partial charge in [0.05, 0.1) is 0 Å². The van der Waals surface area contributed by atoms with Crippen LogP contribution in [0, 0.1) is 0 Å². The van der Waals surface area contributed by atoms with E-state index in [-0.39, 0.29) is 0 Å². The molecule has 2 N–H and O–H groups in total. The lowest BCUT2D eigenvalue weighted by Crippen LogP contribution is -2.33. The number of aryl methyl sites for hydroxylation is 1. The first-order valence-electron chi connectivity index (χ1n) is 8.35. The average Bonchev–Trinajstić information content (AvgIpc) is 3.14. The molecule has 25 heavy (non-hydrogen) atoms. The lowest BCUT2D eigenvalue weighted by Gasteiger charge is -2.16. The lowest BCUT2D eigenvalue weighted by molar-refractivity contribution is 0.256. The molecule has 0 aromatic heterocycles. The molecule has 0 saturated carbocycles. The number of anilines is 1. The average molecular weight is 361 g/mol. The summed E-state index contributed by atoms with van der Waals surface area (Å²) in [6.45, 7) is 0.480. The third-order valence-electron chi connectivity index (χ3n) is 4.38. The van der Waals surface area contributed by atoms with Crippen LogP contribution in [-0.2, 0) is 29.3 Å². The number of rotatable bonds is 5. The van der Waals surface area contributed by atoms with E-state index >= 15 is 0 Å². The molecule has 0 fully saturated rings. The molecule has 0 saturated heterocycles. The van der Waals surface area contributed by atoms with Gasteiger partial charge in [0.1, 0.15) is 0 Å². The van der Waals surface area contributed by atoms with Gasteiger partial charge >= 0.3 is 6.03 Å². The number of allylic oxidation sites excluding steroid dienone is 1.